The van der Waals surface area contributed by atoms with Crippen molar-refractivity contribution in [3.63, 3.8) is 0 Å². The number of hydrazine groups is 1. The van der Waals surface area contributed by atoms with E-state index in [4.69, 9.17) is 26.9 Å². The molecule has 2 rings (SSSR count). The summed E-state index contributed by atoms with van der Waals surface area (Å²) in [6, 6.07) is 3.86. The molecule has 106 valence electrons. The normalized spacial score (nSPS) is 10.2. The summed E-state index contributed by atoms with van der Waals surface area (Å²) < 4.78 is 23.5. The van der Waals surface area contributed by atoms with E-state index in [1.807, 2.05) is 0 Å². The van der Waals surface area contributed by atoms with Gasteiger partial charge in [0, 0.05) is 6.07 Å². The molecule has 1 aromatic carbocycles. The monoisotopic (exact) mass is 299 g/mol. The number of benzene rings is 1. The van der Waals surface area contributed by atoms with Crippen molar-refractivity contribution < 1.29 is 13.9 Å². The van der Waals surface area contributed by atoms with Crippen molar-refractivity contribution in [2.45, 2.75) is 6.92 Å². The quantitative estimate of drug-likeness (QED) is 0.645. The zero-order valence-electron chi connectivity index (χ0n) is 10.4. The standard InChI is InChI=1S/C11H11ClFN5O2/c1-2-19-10-15-9(18-14)16-11(17-10)20-6-3-4-8(13)7(12)5-6/h3-5H,2,14H2,1H3,(H,15,16,17,18). The first kappa shape index (κ1) is 14.2. The van der Waals surface area contributed by atoms with E-state index in [1.165, 1.54) is 18.2 Å². The Morgan fingerprint density at radius 1 is 1.30 bits per heavy atom. The molecule has 0 aliphatic rings. The fourth-order valence-corrected chi connectivity index (χ4v) is 1.46. The van der Waals surface area contributed by atoms with Crippen LogP contribution in [0.4, 0.5) is 10.3 Å². The lowest BCUT2D eigenvalue weighted by molar-refractivity contribution is 0.304. The Morgan fingerprint density at radius 3 is 2.70 bits per heavy atom. The third kappa shape index (κ3) is 3.43. The van der Waals surface area contributed by atoms with Crippen LogP contribution in [0.2, 0.25) is 5.02 Å². The van der Waals surface area contributed by atoms with Gasteiger partial charge in [0.25, 0.3) is 0 Å². The predicted molar refractivity (Wildman–Crippen MR) is 70.3 cm³/mol. The first-order valence-electron chi connectivity index (χ1n) is 5.60. The fraction of sp³-hybridized carbons (Fsp3) is 0.182. The van der Waals surface area contributed by atoms with Gasteiger partial charge >= 0.3 is 12.0 Å². The molecule has 9 heteroatoms. The number of nitrogen functional groups attached to an aromatic ring is 1. The highest BCUT2D eigenvalue weighted by atomic mass is 35.5. The van der Waals surface area contributed by atoms with Gasteiger partial charge in [-0.15, -0.1) is 4.98 Å². The second kappa shape index (κ2) is 6.31. The molecular formula is C11H11ClFN5O2. The number of aromatic nitrogens is 3. The Kier molecular flexibility index (Phi) is 4.49. The number of ether oxygens (including phenoxy) is 2. The molecule has 0 aliphatic carbocycles. The average Bonchev–Trinajstić information content (AvgIpc) is 2.43. The summed E-state index contributed by atoms with van der Waals surface area (Å²) in [5.41, 5.74) is 2.26. The van der Waals surface area contributed by atoms with Gasteiger partial charge in [-0.05, 0) is 19.1 Å². The van der Waals surface area contributed by atoms with Gasteiger partial charge in [-0.25, -0.2) is 10.2 Å². The molecule has 0 bridgehead atoms. The van der Waals surface area contributed by atoms with Gasteiger partial charge in [0.15, 0.2) is 0 Å². The van der Waals surface area contributed by atoms with Crippen LogP contribution in [0, 0.1) is 5.82 Å². The number of nitrogens with zero attached hydrogens (tertiary/aromatic N) is 3. The molecule has 7 nitrogen and oxygen atoms in total. The third-order valence-corrected chi connectivity index (χ3v) is 2.39. The van der Waals surface area contributed by atoms with Gasteiger partial charge in [0.05, 0.1) is 11.6 Å². The highest BCUT2D eigenvalue weighted by molar-refractivity contribution is 6.30. The number of hydrogen-bond donors (Lipinski definition) is 2. The maximum Gasteiger partial charge on any atom is 0.330 e. The Balaban J connectivity index is 2.27. The van der Waals surface area contributed by atoms with E-state index >= 15 is 0 Å². The van der Waals surface area contributed by atoms with Crippen LogP contribution >= 0.6 is 11.6 Å². The molecule has 1 aromatic heterocycles. The van der Waals surface area contributed by atoms with Crippen LogP contribution in [-0.2, 0) is 0 Å². The lowest BCUT2D eigenvalue weighted by Gasteiger charge is -2.08. The zero-order valence-corrected chi connectivity index (χ0v) is 11.2. The van der Waals surface area contributed by atoms with E-state index in [-0.39, 0.29) is 28.7 Å². The summed E-state index contributed by atoms with van der Waals surface area (Å²) in [7, 11) is 0. The summed E-state index contributed by atoms with van der Waals surface area (Å²) >= 11 is 5.65. The Morgan fingerprint density at radius 2 is 2.05 bits per heavy atom. The molecule has 20 heavy (non-hydrogen) atoms. The maximum atomic E-state index is 13.0. The van der Waals surface area contributed by atoms with Gasteiger partial charge in [-0.2, -0.15) is 9.97 Å². The van der Waals surface area contributed by atoms with Gasteiger partial charge in [0.1, 0.15) is 11.6 Å². The van der Waals surface area contributed by atoms with Gasteiger partial charge < -0.3 is 9.47 Å². The first-order chi connectivity index (χ1) is 9.62. The van der Waals surface area contributed by atoms with Crippen LogP contribution < -0.4 is 20.7 Å². The largest absolute Gasteiger partial charge is 0.464 e. The molecule has 3 N–H and O–H groups in total. The molecule has 0 aliphatic heterocycles. The Labute approximate surface area is 118 Å². The van der Waals surface area contributed by atoms with Crippen LogP contribution in [0.1, 0.15) is 6.92 Å². The molecular weight excluding hydrogens is 289 g/mol. The molecule has 0 radical (unpaired) electrons. The van der Waals surface area contributed by atoms with Crippen molar-refractivity contribution in [3.8, 4) is 17.8 Å². The molecule has 1 heterocycles. The maximum absolute atomic E-state index is 13.0. The summed E-state index contributed by atoms with van der Waals surface area (Å²) in [4.78, 5) is 11.7. The topological polar surface area (TPSA) is 95.2 Å². The first-order valence-corrected chi connectivity index (χ1v) is 5.98. The molecule has 0 amide bonds. The number of anilines is 1. The second-order valence-electron chi connectivity index (χ2n) is 3.48. The van der Waals surface area contributed by atoms with Crippen LogP contribution in [-0.4, -0.2) is 21.6 Å². The number of rotatable bonds is 5. The molecule has 0 saturated heterocycles. The molecule has 0 atom stereocenters. The van der Waals surface area contributed by atoms with E-state index in [0.717, 1.165) is 0 Å². The summed E-state index contributed by atoms with van der Waals surface area (Å²) in [5, 5.41) is -0.0706. The van der Waals surface area contributed by atoms with Crippen molar-refractivity contribution in [1.29, 1.82) is 0 Å². The summed E-state index contributed by atoms with van der Waals surface area (Å²) in [6.07, 6.45) is 0. The zero-order chi connectivity index (χ0) is 14.5. The Bertz CT molecular complexity index is 613. The minimum atomic E-state index is -0.547. The van der Waals surface area contributed by atoms with Crippen molar-refractivity contribution in [2.24, 2.45) is 5.84 Å². The smallest absolute Gasteiger partial charge is 0.330 e. The van der Waals surface area contributed by atoms with Crippen molar-refractivity contribution >= 4 is 17.5 Å². The minimum absolute atomic E-state index is 0.0543. The second-order valence-corrected chi connectivity index (χ2v) is 3.89. The summed E-state index contributed by atoms with van der Waals surface area (Å²) in [5.74, 6) is 5.04. The van der Waals surface area contributed by atoms with E-state index in [0.29, 0.717) is 6.61 Å². The van der Waals surface area contributed by atoms with Gasteiger partial charge in [-0.1, -0.05) is 11.6 Å². The number of hydrogen-bond acceptors (Lipinski definition) is 7. The number of halogens is 2. The number of nitrogens with one attached hydrogen (secondary N) is 1. The molecule has 0 unspecified atom stereocenters. The van der Waals surface area contributed by atoms with E-state index in [2.05, 4.69) is 20.4 Å². The molecule has 2 aromatic rings. The SMILES string of the molecule is CCOc1nc(NN)nc(Oc2ccc(F)c(Cl)c2)n1. The summed E-state index contributed by atoms with van der Waals surface area (Å²) in [6.45, 7) is 2.15. The Hall–Kier alpha value is -2.19. The van der Waals surface area contributed by atoms with E-state index in [9.17, 15) is 4.39 Å². The van der Waals surface area contributed by atoms with Gasteiger partial charge in [0.2, 0.25) is 5.95 Å². The van der Waals surface area contributed by atoms with Crippen LogP contribution in [0.3, 0.4) is 0 Å². The van der Waals surface area contributed by atoms with Gasteiger partial charge in [-0.3, -0.25) is 5.43 Å². The average molecular weight is 300 g/mol. The van der Waals surface area contributed by atoms with E-state index in [1.54, 1.807) is 6.92 Å². The van der Waals surface area contributed by atoms with Crippen LogP contribution in [0.25, 0.3) is 0 Å². The molecule has 0 spiro atoms. The number of nitrogens with two attached hydrogens (primary N) is 1. The molecule has 0 fully saturated rings. The fourth-order valence-electron chi connectivity index (χ4n) is 1.29. The molecule has 0 saturated carbocycles. The van der Waals surface area contributed by atoms with Crippen LogP contribution in [0.5, 0.6) is 17.8 Å². The minimum Gasteiger partial charge on any atom is -0.464 e. The lowest BCUT2D eigenvalue weighted by atomic mass is 10.3. The van der Waals surface area contributed by atoms with Crippen LogP contribution in [0.15, 0.2) is 18.2 Å². The highest BCUT2D eigenvalue weighted by Crippen LogP contribution is 2.25. The van der Waals surface area contributed by atoms with Crippen molar-refractivity contribution in [1.82, 2.24) is 15.0 Å². The highest BCUT2D eigenvalue weighted by Gasteiger charge is 2.10. The van der Waals surface area contributed by atoms with E-state index < -0.39 is 5.82 Å². The predicted octanol–water partition coefficient (Wildman–Crippen LogP) is 2.14. The van der Waals surface area contributed by atoms with Crippen molar-refractivity contribution in [2.75, 3.05) is 12.0 Å². The van der Waals surface area contributed by atoms with Crippen molar-refractivity contribution in [3.05, 3.63) is 29.0 Å². The lowest BCUT2D eigenvalue weighted by Crippen LogP contribution is -2.12. The third-order valence-electron chi connectivity index (χ3n) is 2.10.